The number of hydrogen-bond donors (Lipinski definition) is 1. The topological polar surface area (TPSA) is 12.0 Å². The summed E-state index contributed by atoms with van der Waals surface area (Å²) < 4.78 is 28.0. The van der Waals surface area contributed by atoms with Gasteiger partial charge in [0.15, 0.2) is 0 Å². The standard InChI is InChI=1S/C15H20BrF2N/c1-4-5-19-14(10-8-15(10,2)3)9-6-13(18)11(16)7-12(9)17/h6-7,10,14,19H,4-5,8H2,1-3H3. The average molecular weight is 332 g/mol. The molecule has 0 amide bonds. The summed E-state index contributed by atoms with van der Waals surface area (Å²) in [6.07, 6.45) is 2.02. The second kappa shape index (κ2) is 5.49. The molecule has 1 saturated carbocycles. The van der Waals surface area contributed by atoms with Gasteiger partial charge in [-0.25, -0.2) is 8.78 Å². The van der Waals surface area contributed by atoms with Gasteiger partial charge in [-0.1, -0.05) is 20.8 Å². The van der Waals surface area contributed by atoms with Crippen LogP contribution in [0.5, 0.6) is 0 Å². The first-order chi connectivity index (χ1) is 8.86. The molecular weight excluding hydrogens is 312 g/mol. The Kier molecular flexibility index (Phi) is 4.31. The van der Waals surface area contributed by atoms with Gasteiger partial charge in [0.1, 0.15) is 11.6 Å². The Morgan fingerprint density at radius 2 is 2.00 bits per heavy atom. The molecule has 2 rings (SSSR count). The Morgan fingerprint density at radius 3 is 2.53 bits per heavy atom. The van der Waals surface area contributed by atoms with Crippen LogP contribution in [0.25, 0.3) is 0 Å². The molecule has 1 fully saturated rings. The number of hydrogen-bond acceptors (Lipinski definition) is 1. The van der Waals surface area contributed by atoms with E-state index in [4.69, 9.17) is 0 Å². The van der Waals surface area contributed by atoms with E-state index in [-0.39, 0.29) is 21.7 Å². The molecule has 1 nitrogen and oxygen atoms in total. The van der Waals surface area contributed by atoms with Crippen LogP contribution in [0.2, 0.25) is 0 Å². The summed E-state index contributed by atoms with van der Waals surface area (Å²) in [5.74, 6) is -0.378. The Balaban J connectivity index is 2.30. The van der Waals surface area contributed by atoms with Crippen molar-refractivity contribution >= 4 is 15.9 Å². The van der Waals surface area contributed by atoms with Gasteiger partial charge in [0.25, 0.3) is 0 Å². The number of nitrogens with one attached hydrogen (secondary N) is 1. The molecule has 0 radical (unpaired) electrons. The zero-order valence-electron chi connectivity index (χ0n) is 11.6. The molecule has 2 unspecified atom stereocenters. The van der Waals surface area contributed by atoms with Gasteiger partial charge < -0.3 is 5.32 Å². The predicted octanol–water partition coefficient (Wildman–Crippen LogP) is 4.81. The highest BCUT2D eigenvalue weighted by Crippen LogP contribution is 2.58. The van der Waals surface area contributed by atoms with Gasteiger partial charge >= 0.3 is 0 Å². The number of benzene rings is 1. The second-order valence-electron chi connectivity index (χ2n) is 6.02. The maximum absolute atomic E-state index is 14.1. The molecule has 106 valence electrons. The quantitative estimate of drug-likeness (QED) is 0.763. The van der Waals surface area contributed by atoms with E-state index in [1.807, 2.05) is 0 Å². The molecule has 1 aliphatic rings. The Bertz CT molecular complexity index is 473. The van der Waals surface area contributed by atoms with Crippen molar-refractivity contribution in [2.75, 3.05) is 6.54 Å². The lowest BCUT2D eigenvalue weighted by Crippen LogP contribution is -2.26. The van der Waals surface area contributed by atoms with E-state index >= 15 is 0 Å². The highest BCUT2D eigenvalue weighted by molar-refractivity contribution is 9.10. The van der Waals surface area contributed by atoms with E-state index in [9.17, 15) is 8.78 Å². The normalized spacial score (nSPS) is 22.3. The molecule has 0 aromatic heterocycles. The minimum atomic E-state index is -0.404. The van der Waals surface area contributed by atoms with Crippen molar-refractivity contribution in [2.45, 2.75) is 39.7 Å². The summed E-state index contributed by atoms with van der Waals surface area (Å²) in [5, 5.41) is 3.37. The summed E-state index contributed by atoms with van der Waals surface area (Å²) >= 11 is 3.02. The number of halogens is 3. The maximum Gasteiger partial charge on any atom is 0.137 e. The third kappa shape index (κ3) is 3.16. The van der Waals surface area contributed by atoms with E-state index < -0.39 is 5.82 Å². The lowest BCUT2D eigenvalue weighted by Gasteiger charge is -2.21. The predicted molar refractivity (Wildman–Crippen MR) is 77.0 cm³/mol. The van der Waals surface area contributed by atoms with Crippen LogP contribution in [0.1, 0.15) is 45.2 Å². The van der Waals surface area contributed by atoms with Crippen molar-refractivity contribution in [2.24, 2.45) is 11.3 Å². The lowest BCUT2D eigenvalue weighted by molar-refractivity contribution is 0.400. The molecule has 0 bridgehead atoms. The highest BCUT2D eigenvalue weighted by Gasteiger charge is 2.50. The molecule has 0 aliphatic heterocycles. The summed E-state index contributed by atoms with van der Waals surface area (Å²) in [6, 6.07) is 2.44. The first-order valence-corrected chi connectivity index (χ1v) is 7.54. The summed E-state index contributed by atoms with van der Waals surface area (Å²) in [4.78, 5) is 0. The highest BCUT2D eigenvalue weighted by atomic mass is 79.9. The molecule has 4 heteroatoms. The van der Waals surface area contributed by atoms with E-state index in [1.165, 1.54) is 12.1 Å². The zero-order chi connectivity index (χ0) is 14.2. The summed E-state index contributed by atoms with van der Waals surface area (Å²) in [6.45, 7) is 7.23. The van der Waals surface area contributed by atoms with E-state index in [2.05, 4.69) is 42.0 Å². The molecule has 0 heterocycles. The molecule has 1 N–H and O–H groups in total. The molecule has 1 aliphatic carbocycles. The van der Waals surface area contributed by atoms with Crippen LogP contribution in [0.3, 0.4) is 0 Å². The summed E-state index contributed by atoms with van der Waals surface area (Å²) in [7, 11) is 0. The van der Waals surface area contributed by atoms with Gasteiger partial charge in [-0.3, -0.25) is 0 Å². The Labute approximate surface area is 121 Å². The fraction of sp³-hybridized carbons (Fsp3) is 0.600. The zero-order valence-corrected chi connectivity index (χ0v) is 13.2. The van der Waals surface area contributed by atoms with Crippen molar-refractivity contribution < 1.29 is 8.78 Å². The van der Waals surface area contributed by atoms with Gasteiger partial charge in [0.05, 0.1) is 4.47 Å². The Hall–Kier alpha value is -0.480. The summed E-state index contributed by atoms with van der Waals surface area (Å²) in [5.41, 5.74) is 0.659. The largest absolute Gasteiger partial charge is 0.310 e. The monoisotopic (exact) mass is 331 g/mol. The third-order valence-corrected chi connectivity index (χ3v) is 4.59. The SMILES string of the molecule is CCCNC(c1cc(F)c(Br)cc1F)C1CC1(C)C. The van der Waals surface area contributed by atoms with E-state index in [1.54, 1.807) is 0 Å². The van der Waals surface area contributed by atoms with Gasteiger partial charge in [-0.2, -0.15) is 0 Å². The van der Waals surface area contributed by atoms with Crippen LogP contribution >= 0.6 is 15.9 Å². The van der Waals surface area contributed by atoms with Crippen LogP contribution in [0.15, 0.2) is 16.6 Å². The van der Waals surface area contributed by atoms with Gasteiger partial charge in [0, 0.05) is 11.6 Å². The smallest absolute Gasteiger partial charge is 0.137 e. The van der Waals surface area contributed by atoms with Crippen LogP contribution in [-0.2, 0) is 0 Å². The molecular formula is C15H20BrF2N. The third-order valence-electron chi connectivity index (χ3n) is 3.98. The molecule has 0 spiro atoms. The second-order valence-corrected chi connectivity index (χ2v) is 6.87. The van der Waals surface area contributed by atoms with Crippen molar-refractivity contribution in [1.82, 2.24) is 5.32 Å². The van der Waals surface area contributed by atoms with Crippen molar-refractivity contribution in [3.8, 4) is 0 Å². The fourth-order valence-electron chi connectivity index (χ4n) is 2.62. The van der Waals surface area contributed by atoms with E-state index in [0.29, 0.717) is 11.5 Å². The van der Waals surface area contributed by atoms with Gasteiger partial charge in [0.2, 0.25) is 0 Å². The molecule has 1 aromatic rings. The average Bonchev–Trinajstić information content (AvgIpc) is 2.95. The molecule has 19 heavy (non-hydrogen) atoms. The number of rotatable bonds is 5. The van der Waals surface area contributed by atoms with Crippen LogP contribution in [0, 0.1) is 23.0 Å². The van der Waals surface area contributed by atoms with Crippen molar-refractivity contribution in [1.29, 1.82) is 0 Å². The van der Waals surface area contributed by atoms with Crippen LogP contribution in [0.4, 0.5) is 8.78 Å². The van der Waals surface area contributed by atoms with Crippen molar-refractivity contribution in [3.63, 3.8) is 0 Å². The van der Waals surface area contributed by atoms with Crippen molar-refractivity contribution in [3.05, 3.63) is 33.8 Å². The maximum atomic E-state index is 14.1. The molecule has 1 aromatic carbocycles. The van der Waals surface area contributed by atoms with E-state index in [0.717, 1.165) is 19.4 Å². The lowest BCUT2D eigenvalue weighted by atomic mass is 9.96. The molecule has 2 atom stereocenters. The minimum Gasteiger partial charge on any atom is -0.310 e. The van der Waals surface area contributed by atoms with Crippen LogP contribution < -0.4 is 5.32 Å². The van der Waals surface area contributed by atoms with Gasteiger partial charge in [-0.15, -0.1) is 0 Å². The first-order valence-electron chi connectivity index (χ1n) is 6.74. The van der Waals surface area contributed by atoms with Gasteiger partial charge in [-0.05, 0) is 58.8 Å². The van der Waals surface area contributed by atoms with Crippen LogP contribution in [-0.4, -0.2) is 6.54 Å². The Morgan fingerprint density at radius 1 is 1.37 bits per heavy atom. The molecule has 0 saturated heterocycles. The first kappa shape index (κ1) is 14.9. The minimum absolute atomic E-state index is 0.0995. The fourth-order valence-corrected chi connectivity index (χ4v) is 2.94.